The van der Waals surface area contributed by atoms with Crippen LogP contribution in [-0.2, 0) is 4.79 Å². The van der Waals surface area contributed by atoms with Crippen molar-refractivity contribution in [3.63, 3.8) is 0 Å². The summed E-state index contributed by atoms with van der Waals surface area (Å²) in [5.74, 6) is -0.568. The molecule has 0 saturated carbocycles. The molecule has 0 fully saturated rings. The van der Waals surface area contributed by atoms with Crippen LogP contribution in [0.1, 0.15) is 28.4 Å². The van der Waals surface area contributed by atoms with Gasteiger partial charge in [-0.1, -0.05) is 47.5 Å². The van der Waals surface area contributed by atoms with Crippen molar-refractivity contribution in [1.29, 1.82) is 0 Å². The molecule has 2 amide bonds. The summed E-state index contributed by atoms with van der Waals surface area (Å²) < 4.78 is 0. The Balaban J connectivity index is 2.18. The van der Waals surface area contributed by atoms with Crippen LogP contribution in [-0.4, -0.2) is 23.3 Å². The van der Waals surface area contributed by atoms with Crippen LogP contribution >= 0.6 is 23.2 Å². The molecule has 0 N–H and O–H groups in total. The molecule has 0 unspecified atom stereocenters. The van der Waals surface area contributed by atoms with Gasteiger partial charge in [-0.2, -0.15) is 0 Å². The van der Waals surface area contributed by atoms with Crippen LogP contribution in [0.3, 0.4) is 0 Å². The quantitative estimate of drug-likeness (QED) is 0.592. The van der Waals surface area contributed by atoms with Crippen molar-refractivity contribution in [3.05, 3.63) is 69.2 Å². The number of likely N-dealkylation sites (N-methyl/N-ethyl adjacent to an activating group) is 1. The molecule has 0 saturated heterocycles. The smallest absolute Gasteiger partial charge is 0.261 e. The maximum atomic E-state index is 12.7. The Morgan fingerprint density at radius 3 is 2.30 bits per heavy atom. The van der Waals surface area contributed by atoms with E-state index >= 15 is 0 Å². The number of nitrogens with zero attached hydrogens (tertiary/aromatic N) is 1. The molecule has 0 aliphatic carbocycles. The third-order valence-electron chi connectivity index (χ3n) is 3.74. The second kappa shape index (κ2) is 6.19. The zero-order valence-electron chi connectivity index (χ0n) is 12.3. The number of imide groups is 1. The molecule has 3 rings (SSSR count). The number of rotatable bonds is 2. The molecule has 23 heavy (non-hydrogen) atoms. The zero-order valence-corrected chi connectivity index (χ0v) is 13.9. The summed E-state index contributed by atoms with van der Waals surface area (Å²) >= 11 is 12.0. The van der Waals surface area contributed by atoms with Gasteiger partial charge in [-0.15, -0.1) is 0 Å². The van der Waals surface area contributed by atoms with Crippen molar-refractivity contribution >= 4 is 46.7 Å². The Bertz CT molecular complexity index is 843. The summed E-state index contributed by atoms with van der Waals surface area (Å²) in [7, 11) is 0. The molecule has 1 heterocycles. The Hall–Kier alpha value is -2.10. The van der Waals surface area contributed by atoms with E-state index in [2.05, 4.69) is 0 Å². The minimum absolute atomic E-state index is 0.264. The first-order valence-corrected chi connectivity index (χ1v) is 7.91. The average Bonchev–Trinajstić information content (AvgIpc) is 2.55. The average molecular weight is 346 g/mol. The monoisotopic (exact) mass is 345 g/mol. The van der Waals surface area contributed by atoms with E-state index in [1.165, 1.54) is 4.90 Å². The van der Waals surface area contributed by atoms with E-state index in [0.29, 0.717) is 33.3 Å². The van der Waals surface area contributed by atoms with Gasteiger partial charge in [-0.25, -0.2) is 0 Å². The summed E-state index contributed by atoms with van der Waals surface area (Å²) in [5.41, 5.74) is 2.39. The first-order chi connectivity index (χ1) is 11.0. The number of benzene rings is 2. The van der Waals surface area contributed by atoms with Crippen molar-refractivity contribution in [1.82, 2.24) is 4.90 Å². The molecule has 2 aromatic carbocycles. The zero-order chi connectivity index (χ0) is 16.6. The maximum Gasteiger partial charge on any atom is 0.261 e. The first-order valence-electron chi connectivity index (χ1n) is 7.15. The summed E-state index contributed by atoms with van der Waals surface area (Å²) in [5, 5.41) is 0.871. The third-order valence-corrected chi connectivity index (χ3v) is 4.48. The SMILES string of the molecule is CCN1C(=O)/C(=C\c2ccc(Cl)c(Cl)c2)c2ccccc2C1=O. The van der Waals surface area contributed by atoms with Crippen LogP contribution in [0.15, 0.2) is 42.5 Å². The largest absolute Gasteiger partial charge is 0.275 e. The molecule has 5 heteroatoms. The van der Waals surface area contributed by atoms with Crippen LogP contribution < -0.4 is 0 Å². The molecule has 0 aromatic heterocycles. The lowest BCUT2D eigenvalue weighted by Crippen LogP contribution is -2.41. The third kappa shape index (κ3) is 2.78. The number of amides is 2. The fourth-order valence-electron chi connectivity index (χ4n) is 2.60. The lowest BCUT2D eigenvalue weighted by molar-refractivity contribution is -0.122. The van der Waals surface area contributed by atoms with Crippen LogP contribution in [0.4, 0.5) is 0 Å². The van der Waals surface area contributed by atoms with E-state index in [1.807, 2.05) is 6.07 Å². The molecule has 116 valence electrons. The highest BCUT2D eigenvalue weighted by Gasteiger charge is 2.33. The summed E-state index contributed by atoms with van der Waals surface area (Å²) in [6.45, 7) is 2.10. The summed E-state index contributed by atoms with van der Waals surface area (Å²) in [6.07, 6.45) is 1.73. The standard InChI is InChI=1S/C18H13Cl2NO2/c1-2-21-17(22)13-6-4-3-5-12(13)14(18(21)23)9-11-7-8-15(19)16(20)10-11/h3-10H,2H2,1H3/b14-9-. The van der Waals surface area contributed by atoms with Gasteiger partial charge in [0.05, 0.1) is 10.0 Å². The van der Waals surface area contributed by atoms with Crippen molar-refractivity contribution in [2.24, 2.45) is 0 Å². The molecule has 1 aliphatic heterocycles. The van der Waals surface area contributed by atoms with E-state index in [0.717, 1.165) is 5.56 Å². The molecule has 0 spiro atoms. The molecule has 2 aromatic rings. The predicted molar refractivity (Wildman–Crippen MR) is 92.5 cm³/mol. The van der Waals surface area contributed by atoms with Gasteiger partial charge in [0.15, 0.2) is 0 Å². The Kier molecular flexibility index (Phi) is 4.24. The first kappa shape index (κ1) is 15.8. The van der Waals surface area contributed by atoms with Gasteiger partial charge in [-0.3, -0.25) is 14.5 Å². The topological polar surface area (TPSA) is 37.4 Å². The summed E-state index contributed by atoms with van der Waals surface area (Å²) in [6, 6.07) is 12.3. The van der Waals surface area contributed by atoms with Crippen LogP contribution in [0.2, 0.25) is 10.0 Å². The van der Waals surface area contributed by atoms with E-state index < -0.39 is 0 Å². The van der Waals surface area contributed by atoms with Gasteiger partial charge < -0.3 is 0 Å². The summed E-state index contributed by atoms with van der Waals surface area (Å²) in [4.78, 5) is 26.3. The highest BCUT2D eigenvalue weighted by Crippen LogP contribution is 2.31. The normalized spacial score (nSPS) is 16.0. The van der Waals surface area contributed by atoms with Crippen molar-refractivity contribution in [2.75, 3.05) is 6.54 Å². The highest BCUT2D eigenvalue weighted by molar-refractivity contribution is 6.42. The van der Waals surface area contributed by atoms with E-state index in [1.54, 1.807) is 49.4 Å². The van der Waals surface area contributed by atoms with Crippen molar-refractivity contribution in [2.45, 2.75) is 6.92 Å². The van der Waals surface area contributed by atoms with Gasteiger partial charge in [0.25, 0.3) is 11.8 Å². The number of fused-ring (bicyclic) bond motifs is 1. The number of hydrogen-bond donors (Lipinski definition) is 0. The Morgan fingerprint density at radius 1 is 0.957 bits per heavy atom. The van der Waals surface area contributed by atoms with E-state index in [9.17, 15) is 9.59 Å². The number of carbonyl (C=O) groups is 2. The molecule has 3 nitrogen and oxygen atoms in total. The van der Waals surface area contributed by atoms with Crippen molar-refractivity contribution < 1.29 is 9.59 Å². The van der Waals surface area contributed by atoms with Gasteiger partial charge in [0.1, 0.15) is 0 Å². The predicted octanol–water partition coefficient (Wildman–Crippen LogP) is 4.54. The number of halogens is 2. The maximum absolute atomic E-state index is 12.7. The minimum Gasteiger partial charge on any atom is -0.275 e. The van der Waals surface area contributed by atoms with Crippen LogP contribution in [0, 0.1) is 0 Å². The lowest BCUT2D eigenvalue weighted by Gasteiger charge is -2.27. The number of hydrogen-bond acceptors (Lipinski definition) is 2. The van der Waals surface area contributed by atoms with Crippen molar-refractivity contribution in [3.8, 4) is 0 Å². The molecule has 0 bridgehead atoms. The second-order valence-electron chi connectivity index (χ2n) is 5.13. The molecule has 1 aliphatic rings. The van der Waals surface area contributed by atoms with Gasteiger partial charge in [0, 0.05) is 17.7 Å². The Labute approximate surface area is 144 Å². The van der Waals surface area contributed by atoms with E-state index in [-0.39, 0.29) is 11.8 Å². The molecule has 0 radical (unpaired) electrons. The van der Waals surface area contributed by atoms with E-state index in [4.69, 9.17) is 23.2 Å². The second-order valence-corrected chi connectivity index (χ2v) is 5.95. The van der Waals surface area contributed by atoms with Gasteiger partial charge in [0.2, 0.25) is 0 Å². The Morgan fingerprint density at radius 2 is 1.65 bits per heavy atom. The molecule has 0 atom stereocenters. The minimum atomic E-state index is -0.303. The van der Waals surface area contributed by atoms with Crippen LogP contribution in [0.5, 0.6) is 0 Å². The van der Waals surface area contributed by atoms with Gasteiger partial charge >= 0.3 is 0 Å². The van der Waals surface area contributed by atoms with Gasteiger partial charge in [-0.05, 0) is 42.3 Å². The lowest BCUT2D eigenvalue weighted by atomic mass is 9.92. The molecular formula is C18H13Cl2NO2. The highest BCUT2D eigenvalue weighted by atomic mass is 35.5. The molecular weight excluding hydrogens is 333 g/mol. The van der Waals surface area contributed by atoms with Crippen LogP contribution in [0.25, 0.3) is 11.6 Å². The number of carbonyl (C=O) groups excluding carboxylic acids is 2. The fraction of sp³-hybridized carbons (Fsp3) is 0.111. The fourth-order valence-corrected chi connectivity index (χ4v) is 2.90.